The molecule has 0 heterocycles. The molecule has 1 amide bonds. The van der Waals surface area contributed by atoms with Gasteiger partial charge >= 0.3 is 0 Å². The van der Waals surface area contributed by atoms with Gasteiger partial charge in [0.05, 0.1) is 20.7 Å². The van der Waals surface area contributed by atoms with E-state index in [-0.39, 0.29) is 5.91 Å². The van der Waals surface area contributed by atoms with Crippen molar-refractivity contribution in [2.24, 2.45) is 0 Å². The molecule has 0 bridgehead atoms. The van der Waals surface area contributed by atoms with Crippen LogP contribution in [0.25, 0.3) is 0 Å². The fourth-order valence-corrected chi connectivity index (χ4v) is 2.45. The summed E-state index contributed by atoms with van der Waals surface area (Å²) in [7, 11) is 3.75. The van der Waals surface area contributed by atoms with Crippen molar-refractivity contribution in [3.8, 4) is 0 Å². The molecule has 2 rings (SSSR count). The largest absolute Gasteiger partial charge is 0.399 e. The summed E-state index contributed by atoms with van der Waals surface area (Å²) >= 11 is 9.39. The summed E-state index contributed by atoms with van der Waals surface area (Å²) < 4.78 is 0.648. The van der Waals surface area contributed by atoms with Crippen LogP contribution in [0, 0.1) is 0 Å². The Hall–Kier alpha value is -1.72. The minimum Gasteiger partial charge on any atom is -0.399 e. The van der Waals surface area contributed by atoms with Gasteiger partial charge in [-0.3, -0.25) is 4.79 Å². The number of hydrogen-bond donors (Lipinski definition) is 2. The van der Waals surface area contributed by atoms with Gasteiger partial charge in [0.2, 0.25) is 0 Å². The number of rotatable bonds is 3. The summed E-state index contributed by atoms with van der Waals surface area (Å²) in [4.78, 5) is 14.4. The Kier molecular flexibility index (Phi) is 4.75. The highest BCUT2D eigenvalue weighted by molar-refractivity contribution is 9.10. The monoisotopic (exact) mass is 367 g/mol. The Morgan fingerprint density at radius 2 is 2.00 bits per heavy atom. The van der Waals surface area contributed by atoms with Crippen LogP contribution >= 0.6 is 27.5 Å². The van der Waals surface area contributed by atoms with Crippen molar-refractivity contribution in [3.63, 3.8) is 0 Å². The molecule has 0 aliphatic rings. The van der Waals surface area contributed by atoms with Gasteiger partial charge in [0.1, 0.15) is 0 Å². The highest BCUT2D eigenvalue weighted by Gasteiger charge is 2.15. The molecule has 0 saturated heterocycles. The van der Waals surface area contributed by atoms with Crippen molar-refractivity contribution in [2.45, 2.75) is 0 Å². The van der Waals surface area contributed by atoms with Crippen molar-refractivity contribution in [1.29, 1.82) is 0 Å². The number of anilines is 3. The summed E-state index contributed by atoms with van der Waals surface area (Å²) in [6.07, 6.45) is 0. The Labute approximate surface area is 137 Å². The first-order chi connectivity index (χ1) is 9.90. The second-order valence-electron chi connectivity index (χ2n) is 4.73. The van der Waals surface area contributed by atoms with Gasteiger partial charge in [0.15, 0.2) is 0 Å². The zero-order chi connectivity index (χ0) is 15.6. The summed E-state index contributed by atoms with van der Waals surface area (Å²) in [6, 6.07) is 10.5. The number of halogens is 2. The van der Waals surface area contributed by atoms with Crippen LogP contribution in [0.1, 0.15) is 10.4 Å². The molecule has 4 nitrogen and oxygen atoms in total. The lowest BCUT2D eigenvalue weighted by Crippen LogP contribution is -2.19. The lowest BCUT2D eigenvalue weighted by atomic mass is 10.1. The van der Waals surface area contributed by atoms with Crippen LogP contribution in [-0.4, -0.2) is 20.0 Å². The molecule has 3 N–H and O–H groups in total. The van der Waals surface area contributed by atoms with Crippen LogP contribution < -0.4 is 16.0 Å². The van der Waals surface area contributed by atoms with Crippen molar-refractivity contribution < 1.29 is 4.79 Å². The van der Waals surface area contributed by atoms with Crippen molar-refractivity contribution in [3.05, 3.63) is 51.5 Å². The number of nitrogens with one attached hydrogen (secondary N) is 1. The van der Waals surface area contributed by atoms with Crippen molar-refractivity contribution in [2.75, 3.05) is 30.0 Å². The number of nitrogen functional groups attached to an aromatic ring is 1. The zero-order valence-corrected chi connectivity index (χ0v) is 14.0. The third-order valence-electron chi connectivity index (χ3n) is 2.95. The molecular weight excluding hydrogens is 354 g/mol. The maximum absolute atomic E-state index is 12.5. The standard InChI is InChI=1S/C15H15BrClN3O/c1-20(2)13-7-6-9(18)8-10(13)15(21)19-12-5-3-4-11(17)14(12)16/h3-8H,18H2,1-2H3,(H,19,21). The molecule has 0 aliphatic heterocycles. The SMILES string of the molecule is CN(C)c1ccc(N)cc1C(=O)Nc1cccc(Cl)c1Br. The zero-order valence-electron chi connectivity index (χ0n) is 11.7. The van der Waals surface area contributed by atoms with Gasteiger partial charge in [0, 0.05) is 25.5 Å². The van der Waals surface area contributed by atoms with Crippen LogP contribution in [0.2, 0.25) is 5.02 Å². The average Bonchev–Trinajstić information content (AvgIpc) is 2.43. The normalized spacial score (nSPS) is 10.3. The first kappa shape index (κ1) is 15.7. The fraction of sp³-hybridized carbons (Fsp3) is 0.133. The Balaban J connectivity index is 2.37. The lowest BCUT2D eigenvalue weighted by Gasteiger charge is -2.18. The molecule has 0 unspecified atom stereocenters. The van der Waals surface area contributed by atoms with Gasteiger partial charge in [-0.05, 0) is 46.3 Å². The van der Waals surface area contributed by atoms with Gasteiger partial charge in [-0.1, -0.05) is 17.7 Å². The maximum atomic E-state index is 12.5. The van der Waals surface area contributed by atoms with Crippen LogP contribution in [-0.2, 0) is 0 Å². The number of amides is 1. The van der Waals surface area contributed by atoms with E-state index in [0.717, 1.165) is 5.69 Å². The van der Waals surface area contributed by atoms with E-state index in [4.69, 9.17) is 17.3 Å². The Morgan fingerprint density at radius 3 is 2.67 bits per heavy atom. The highest BCUT2D eigenvalue weighted by atomic mass is 79.9. The minimum atomic E-state index is -0.242. The third-order valence-corrected chi connectivity index (χ3v) is 4.34. The van der Waals surface area contributed by atoms with E-state index in [2.05, 4.69) is 21.2 Å². The maximum Gasteiger partial charge on any atom is 0.257 e. The molecule has 21 heavy (non-hydrogen) atoms. The topological polar surface area (TPSA) is 58.4 Å². The van der Waals surface area contributed by atoms with E-state index in [1.165, 1.54) is 0 Å². The summed E-state index contributed by atoms with van der Waals surface area (Å²) in [6.45, 7) is 0. The summed E-state index contributed by atoms with van der Waals surface area (Å²) in [5.41, 5.74) is 8.23. The van der Waals surface area contributed by atoms with E-state index in [1.54, 1.807) is 30.3 Å². The second-order valence-corrected chi connectivity index (χ2v) is 5.93. The molecule has 0 aliphatic carbocycles. The third kappa shape index (κ3) is 3.49. The predicted octanol–water partition coefficient (Wildman–Crippen LogP) is 4.00. The molecule has 0 spiro atoms. The van der Waals surface area contributed by atoms with Crippen molar-refractivity contribution in [1.82, 2.24) is 0 Å². The number of carbonyl (C=O) groups excluding carboxylic acids is 1. The first-order valence-electron chi connectivity index (χ1n) is 6.22. The number of nitrogens with zero attached hydrogens (tertiary/aromatic N) is 1. The van der Waals surface area contributed by atoms with Gasteiger partial charge in [-0.25, -0.2) is 0 Å². The Bertz CT molecular complexity index is 689. The molecule has 0 saturated carbocycles. The van der Waals surface area contributed by atoms with Gasteiger partial charge in [-0.2, -0.15) is 0 Å². The Morgan fingerprint density at radius 1 is 1.29 bits per heavy atom. The van der Waals surface area contributed by atoms with E-state index in [0.29, 0.717) is 26.4 Å². The first-order valence-corrected chi connectivity index (χ1v) is 7.39. The average molecular weight is 369 g/mol. The molecule has 6 heteroatoms. The van der Waals surface area contributed by atoms with E-state index < -0.39 is 0 Å². The molecule has 2 aromatic rings. The quantitative estimate of drug-likeness (QED) is 0.805. The lowest BCUT2D eigenvalue weighted by molar-refractivity contribution is 0.102. The van der Waals surface area contributed by atoms with E-state index >= 15 is 0 Å². The number of nitrogens with two attached hydrogens (primary N) is 1. The van der Waals surface area contributed by atoms with E-state index in [1.807, 2.05) is 25.1 Å². The van der Waals surface area contributed by atoms with Gasteiger partial charge < -0.3 is 16.0 Å². The molecule has 110 valence electrons. The summed E-state index contributed by atoms with van der Waals surface area (Å²) in [5, 5.41) is 3.37. The second kappa shape index (κ2) is 6.37. The molecule has 0 radical (unpaired) electrons. The summed E-state index contributed by atoms with van der Waals surface area (Å²) in [5.74, 6) is -0.242. The van der Waals surface area contributed by atoms with Crippen molar-refractivity contribution >= 4 is 50.5 Å². The number of benzene rings is 2. The molecule has 0 atom stereocenters. The van der Waals surface area contributed by atoms with Crippen LogP contribution in [0.15, 0.2) is 40.9 Å². The molecule has 0 aromatic heterocycles. The number of hydrogen-bond acceptors (Lipinski definition) is 3. The van der Waals surface area contributed by atoms with Gasteiger partial charge in [-0.15, -0.1) is 0 Å². The molecule has 2 aromatic carbocycles. The van der Waals surface area contributed by atoms with Crippen LogP contribution in [0.5, 0.6) is 0 Å². The van der Waals surface area contributed by atoms with Gasteiger partial charge in [0.25, 0.3) is 5.91 Å². The number of carbonyl (C=O) groups is 1. The highest BCUT2D eigenvalue weighted by Crippen LogP contribution is 2.31. The smallest absolute Gasteiger partial charge is 0.257 e. The minimum absolute atomic E-state index is 0.242. The van der Waals surface area contributed by atoms with Crippen LogP contribution in [0.4, 0.5) is 17.1 Å². The molecule has 0 fully saturated rings. The predicted molar refractivity (Wildman–Crippen MR) is 92.3 cm³/mol. The molecular formula is C15H15BrClN3O. The van der Waals surface area contributed by atoms with E-state index in [9.17, 15) is 4.79 Å². The fourth-order valence-electron chi connectivity index (χ4n) is 1.92. The van der Waals surface area contributed by atoms with Crippen LogP contribution in [0.3, 0.4) is 0 Å².